The minimum atomic E-state index is -0.422. The molecule has 1 heterocycles. The molecule has 1 N–H and O–H groups in total. The molecule has 0 amide bonds. The average molecular weight is 260 g/mol. The third-order valence-electron chi connectivity index (χ3n) is 4.22. The molecule has 2 fully saturated rings. The largest absolute Gasteiger partial charge is 0.387 e. The molecule has 0 saturated heterocycles. The fourth-order valence-electron chi connectivity index (χ4n) is 2.50. The molecular formula is C16H24N2O. The molecule has 3 nitrogen and oxygen atoms in total. The highest BCUT2D eigenvalue weighted by Crippen LogP contribution is 2.35. The maximum atomic E-state index is 9.79. The van der Waals surface area contributed by atoms with Gasteiger partial charge in [-0.15, -0.1) is 0 Å². The lowest BCUT2D eigenvalue weighted by molar-refractivity contribution is 0.169. The molecule has 0 spiro atoms. The van der Waals surface area contributed by atoms with Crippen molar-refractivity contribution in [3.63, 3.8) is 0 Å². The van der Waals surface area contributed by atoms with Crippen LogP contribution in [0.5, 0.6) is 0 Å². The molecule has 19 heavy (non-hydrogen) atoms. The van der Waals surface area contributed by atoms with Gasteiger partial charge < -0.3 is 10.0 Å². The van der Waals surface area contributed by atoms with Crippen molar-refractivity contribution < 1.29 is 5.11 Å². The Kier molecular flexibility index (Phi) is 3.74. The smallest absolute Gasteiger partial charge is 0.0957 e. The van der Waals surface area contributed by atoms with E-state index in [1.54, 1.807) is 0 Å². The molecule has 1 unspecified atom stereocenters. The van der Waals surface area contributed by atoms with E-state index in [9.17, 15) is 5.11 Å². The van der Waals surface area contributed by atoms with Crippen molar-refractivity contribution in [3.05, 3.63) is 24.0 Å². The van der Waals surface area contributed by atoms with E-state index in [1.165, 1.54) is 44.5 Å². The van der Waals surface area contributed by atoms with Gasteiger partial charge in [0.1, 0.15) is 0 Å². The fraction of sp³-hybridized carbons (Fsp3) is 0.688. The Bertz CT molecular complexity index is 395. The second-order valence-corrected chi connectivity index (χ2v) is 6.16. The minimum absolute atomic E-state index is 0.422. The number of aromatic nitrogens is 1. The number of rotatable bonds is 7. The van der Waals surface area contributed by atoms with Crippen molar-refractivity contribution in [2.45, 2.75) is 45.1 Å². The Labute approximate surface area is 115 Å². The first-order valence-corrected chi connectivity index (χ1v) is 7.65. The van der Waals surface area contributed by atoms with Gasteiger partial charge in [0.25, 0.3) is 0 Å². The first kappa shape index (κ1) is 12.9. The van der Waals surface area contributed by atoms with E-state index in [0.29, 0.717) is 0 Å². The molecule has 0 aliphatic heterocycles. The van der Waals surface area contributed by atoms with Crippen molar-refractivity contribution >= 4 is 5.69 Å². The quantitative estimate of drug-likeness (QED) is 0.818. The van der Waals surface area contributed by atoms with Crippen LogP contribution in [-0.2, 0) is 0 Å². The van der Waals surface area contributed by atoms with Crippen LogP contribution in [-0.4, -0.2) is 23.2 Å². The van der Waals surface area contributed by atoms with Crippen LogP contribution in [0, 0.1) is 11.8 Å². The van der Waals surface area contributed by atoms with Gasteiger partial charge in [-0.25, -0.2) is 0 Å². The number of anilines is 1. The van der Waals surface area contributed by atoms with Gasteiger partial charge in [-0.2, -0.15) is 0 Å². The molecule has 1 aromatic heterocycles. The predicted octanol–water partition coefficient (Wildman–Crippen LogP) is 3.15. The van der Waals surface area contributed by atoms with E-state index in [1.807, 2.05) is 19.2 Å². The highest BCUT2D eigenvalue weighted by atomic mass is 16.3. The summed E-state index contributed by atoms with van der Waals surface area (Å²) in [5, 5.41) is 9.79. The van der Waals surface area contributed by atoms with Crippen molar-refractivity contribution in [3.8, 4) is 0 Å². The number of hydrogen-bond donors (Lipinski definition) is 1. The van der Waals surface area contributed by atoms with Gasteiger partial charge in [0.05, 0.1) is 23.7 Å². The highest BCUT2D eigenvalue weighted by Gasteiger charge is 2.29. The third-order valence-corrected chi connectivity index (χ3v) is 4.22. The second-order valence-electron chi connectivity index (χ2n) is 6.16. The summed E-state index contributed by atoms with van der Waals surface area (Å²) in [5.74, 6) is 1.80. The highest BCUT2D eigenvalue weighted by molar-refractivity contribution is 5.45. The van der Waals surface area contributed by atoms with E-state index in [-0.39, 0.29) is 0 Å². The molecule has 3 heteroatoms. The molecular weight excluding hydrogens is 236 g/mol. The zero-order valence-electron chi connectivity index (χ0n) is 11.8. The summed E-state index contributed by atoms with van der Waals surface area (Å²) in [5.41, 5.74) is 2.02. The van der Waals surface area contributed by atoms with Crippen molar-refractivity contribution in [2.24, 2.45) is 11.8 Å². The zero-order chi connectivity index (χ0) is 13.2. The van der Waals surface area contributed by atoms with Crippen LogP contribution in [0.3, 0.4) is 0 Å². The summed E-state index contributed by atoms with van der Waals surface area (Å²) in [4.78, 5) is 6.94. The summed E-state index contributed by atoms with van der Waals surface area (Å²) in [6, 6.07) is 4.11. The van der Waals surface area contributed by atoms with Crippen LogP contribution in [0.15, 0.2) is 18.3 Å². The van der Waals surface area contributed by atoms with Crippen LogP contribution >= 0.6 is 0 Å². The Balaban J connectivity index is 1.68. The number of aliphatic hydroxyl groups excluding tert-OH is 1. The molecule has 1 aromatic rings. The van der Waals surface area contributed by atoms with E-state index in [2.05, 4.69) is 16.0 Å². The summed E-state index contributed by atoms with van der Waals surface area (Å²) >= 11 is 0. The Morgan fingerprint density at radius 3 is 2.26 bits per heavy atom. The summed E-state index contributed by atoms with van der Waals surface area (Å²) < 4.78 is 0. The number of nitrogens with zero attached hydrogens (tertiary/aromatic N) is 2. The van der Waals surface area contributed by atoms with Gasteiger partial charge in [-0.3, -0.25) is 4.98 Å². The van der Waals surface area contributed by atoms with Crippen LogP contribution in [0.2, 0.25) is 0 Å². The maximum absolute atomic E-state index is 9.79. The van der Waals surface area contributed by atoms with Crippen LogP contribution in [0.4, 0.5) is 5.69 Å². The monoisotopic (exact) mass is 260 g/mol. The Morgan fingerprint density at radius 1 is 1.21 bits per heavy atom. The van der Waals surface area contributed by atoms with Crippen molar-refractivity contribution in [2.75, 3.05) is 18.0 Å². The molecule has 104 valence electrons. The molecule has 0 bridgehead atoms. The SMILES string of the molecule is CCC(O)c1ccc(N(CC2CC2)CC2CC2)cn1. The molecule has 0 aromatic carbocycles. The van der Waals surface area contributed by atoms with Gasteiger partial charge in [-0.1, -0.05) is 6.92 Å². The number of pyridine rings is 1. The standard InChI is InChI=1S/C16H24N2O/c1-2-16(19)15-8-7-14(9-17-15)18(10-12-3-4-12)11-13-5-6-13/h7-9,12-13,16,19H,2-6,10-11H2,1H3. The third kappa shape index (κ3) is 3.47. The maximum Gasteiger partial charge on any atom is 0.0957 e. The lowest BCUT2D eigenvalue weighted by atomic mass is 10.2. The van der Waals surface area contributed by atoms with Gasteiger partial charge in [-0.05, 0) is 56.1 Å². The number of hydrogen-bond acceptors (Lipinski definition) is 3. The van der Waals surface area contributed by atoms with Crippen LogP contribution in [0.1, 0.15) is 50.8 Å². The molecule has 0 radical (unpaired) electrons. The van der Waals surface area contributed by atoms with E-state index in [0.717, 1.165) is 24.0 Å². The lowest BCUT2D eigenvalue weighted by Crippen LogP contribution is -2.28. The number of aliphatic hydroxyl groups is 1. The molecule has 2 aliphatic carbocycles. The predicted molar refractivity (Wildman–Crippen MR) is 77.1 cm³/mol. The van der Waals surface area contributed by atoms with Crippen molar-refractivity contribution in [1.82, 2.24) is 4.98 Å². The normalized spacial score (nSPS) is 20.3. The summed E-state index contributed by atoms with van der Waals surface area (Å²) in [6.45, 7) is 4.36. The van der Waals surface area contributed by atoms with E-state index in [4.69, 9.17) is 0 Å². The molecule has 1 atom stereocenters. The van der Waals surface area contributed by atoms with Crippen LogP contribution < -0.4 is 4.90 Å². The molecule has 2 aliphatic rings. The van der Waals surface area contributed by atoms with E-state index < -0.39 is 6.10 Å². The Hall–Kier alpha value is -1.09. The fourth-order valence-corrected chi connectivity index (χ4v) is 2.50. The Morgan fingerprint density at radius 2 is 1.84 bits per heavy atom. The van der Waals surface area contributed by atoms with Crippen LogP contribution in [0.25, 0.3) is 0 Å². The lowest BCUT2D eigenvalue weighted by Gasteiger charge is -2.25. The van der Waals surface area contributed by atoms with Gasteiger partial charge >= 0.3 is 0 Å². The van der Waals surface area contributed by atoms with Gasteiger partial charge in [0.15, 0.2) is 0 Å². The van der Waals surface area contributed by atoms with Gasteiger partial charge in [0, 0.05) is 13.1 Å². The summed E-state index contributed by atoms with van der Waals surface area (Å²) in [6.07, 6.45) is 7.80. The summed E-state index contributed by atoms with van der Waals surface area (Å²) in [7, 11) is 0. The van der Waals surface area contributed by atoms with E-state index >= 15 is 0 Å². The first-order valence-electron chi connectivity index (χ1n) is 7.65. The van der Waals surface area contributed by atoms with Crippen molar-refractivity contribution in [1.29, 1.82) is 0 Å². The van der Waals surface area contributed by atoms with Gasteiger partial charge in [0.2, 0.25) is 0 Å². The average Bonchev–Trinajstić information content (AvgIpc) is 3.32. The molecule has 2 saturated carbocycles. The molecule has 3 rings (SSSR count). The second kappa shape index (κ2) is 5.49. The minimum Gasteiger partial charge on any atom is -0.387 e. The topological polar surface area (TPSA) is 36.4 Å². The zero-order valence-corrected chi connectivity index (χ0v) is 11.8. The first-order chi connectivity index (χ1) is 9.26.